The van der Waals surface area contributed by atoms with E-state index in [-0.39, 0.29) is 0 Å². The highest BCUT2D eigenvalue weighted by atomic mass is 15.3. The lowest BCUT2D eigenvalue weighted by molar-refractivity contribution is 0.975. The Labute approximate surface area is 110 Å². The summed E-state index contributed by atoms with van der Waals surface area (Å²) in [6, 6.07) is 20.7. The average Bonchev–Trinajstić information content (AvgIpc) is 2.97. The molecule has 2 aromatic heterocycles. The van der Waals surface area contributed by atoms with Gasteiger partial charge in [0.15, 0.2) is 5.65 Å². The van der Waals surface area contributed by atoms with Crippen LogP contribution in [0, 0.1) is 0 Å². The minimum atomic E-state index is 0.900. The van der Waals surface area contributed by atoms with Gasteiger partial charge in [0, 0.05) is 10.9 Å². The molecule has 0 amide bonds. The standard InChI is InChI=1S/C16H11N3/c1-2-6-12(7-3-1)15-10-13-8-4-5-9-14(13)16-17-11-18-19(15)16/h1-11H. The predicted molar refractivity (Wildman–Crippen MR) is 75.9 cm³/mol. The summed E-state index contributed by atoms with van der Waals surface area (Å²) in [5, 5.41) is 6.66. The van der Waals surface area contributed by atoms with E-state index in [1.807, 2.05) is 34.8 Å². The summed E-state index contributed by atoms with van der Waals surface area (Å²) >= 11 is 0. The number of pyridine rings is 1. The van der Waals surface area contributed by atoms with E-state index in [0.717, 1.165) is 22.3 Å². The smallest absolute Gasteiger partial charge is 0.163 e. The van der Waals surface area contributed by atoms with Crippen molar-refractivity contribution in [3.8, 4) is 11.3 Å². The number of aromatic nitrogens is 3. The molecule has 3 nitrogen and oxygen atoms in total. The van der Waals surface area contributed by atoms with Crippen LogP contribution in [0.25, 0.3) is 27.7 Å². The fraction of sp³-hybridized carbons (Fsp3) is 0. The first-order chi connectivity index (χ1) is 9.43. The number of nitrogens with zero attached hydrogens (tertiary/aromatic N) is 3. The first-order valence-electron chi connectivity index (χ1n) is 6.20. The van der Waals surface area contributed by atoms with Crippen LogP contribution in [0.4, 0.5) is 0 Å². The molecule has 4 aromatic rings. The zero-order chi connectivity index (χ0) is 12.7. The van der Waals surface area contributed by atoms with Crippen molar-refractivity contribution in [1.82, 2.24) is 14.6 Å². The van der Waals surface area contributed by atoms with E-state index in [2.05, 4.69) is 40.4 Å². The first kappa shape index (κ1) is 10.3. The third-order valence-corrected chi connectivity index (χ3v) is 3.34. The van der Waals surface area contributed by atoms with Gasteiger partial charge in [-0.1, -0.05) is 54.6 Å². The van der Waals surface area contributed by atoms with E-state index in [4.69, 9.17) is 0 Å². The van der Waals surface area contributed by atoms with Crippen LogP contribution in [0.5, 0.6) is 0 Å². The Bertz CT molecular complexity index is 863. The summed E-state index contributed by atoms with van der Waals surface area (Å²) in [5.41, 5.74) is 3.10. The van der Waals surface area contributed by atoms with Crippen molar-refractivity contribution >= 4 is 16.4 Å². The number of rotatable bonds is 1. The van der Waals surface area contributed by atoms with Crippen molar-refractivity contribution in [2.75, 3.05) is 0 Å². The van der Waals surface area contributed by atoms with Gasteiger partial charge in [0.25, 0.3) is 0 Å². The fourth-order valence-electron chi connectivity index (χ4n) is 2.45. The lowest BCUT2D eigenvalue weighted by Crippen LogP contribution is -1.95. The van der Waals surface area contributed by atoms with Gasteiger partial charge in [0.1, 0.15) is 6.33 Å². The van der Waals surface area contributed by atoms with Gasteiger partial charge in [-0.25, -0.2) is 9.50 Å². The first-order valence-corrected chi connectivity index (χ1v) is 6.20. The molecule has 0 aliphatic heterocycles. The van der Waals surface area contributed by atoms with Crippen molar-refractivity contribution in [1.29, 1.82) is 0 Å². The second kappa shape index (κ2) is 3.92. The number of hydrogen-bond acceptors (Lipinski definition) is 2. The summed E-state index contributed by atoms with van der Waals surface area (Å²) in [6.45, 7) is 0. The zero-order valence-corrected chi connectivity index (χ0v) is 10.2. The van der Waals surface area contributed by atoms with E-state index in [1.165, 1.54) is 5.39 Å². The Morgan fingerprint density at radius 3 is 2.53 bits per heavy atom. The molecular weight excluding hydrogens is 234 g/mol. The Balaban J connectivity index is 2.17. The number of benzene rings is 2. The maximum atomic E-state index is 4.38. The quantitative estimate of drug-likeness (QED) is 0.513. The molecule has 0 bridgehead atoms. The normalized spacial score (nSPS) is 11.2. The van der Waals surface area contributed by atoms with Crippen molar-refractivity contribution in [2.24, 2.45) is 0 Å². The highest BCUT2D eigenvalue weighted by Crippen LogP contribution is 2.26. The molecule has 2 aromatic carbocycles. The summed E-state index contributed by atoms with van der Waals surface area (Å²) in [5.74, 6) is 0. The molecule has 0 radical (unpaired) electrons. The molecule has 0 saturated carbocycles. The lowest BCUT2D eigenvalue weighted by Gasteiger charge is -2.07. The lowest BCUT2D eigenvalue weighted by atomic mass is 10.1. The fourth-order valence-corrected chi connectivity index (χ4v) is 2.45. The van der Waals surface area contributed by atoms with Crippen LogP contribution in [0.3, 0.4) is 0 Å². The summed E-state index contributed by atoms with van der Waals surface area (Å²) in [6.07, 6.45) is 1.61. The molecule has 0 fully saturated rings. The van der Waals surface area contributed by atoms with Crippen molar-refractivity contribution < 1.29 is 0 Å². The second-order valence-corrected chi connectivity index (χ2v) is 4.48. The molecule has 0 saturated heterocycles. The summed E-state index contributed by atoms with van der Waals surface area (Å²) in [4.78, 5) is 4.38. The molecule has 0 unspecified atom stereocenters. The second-order valence-electron chi connectivity index (χ2n) is 4.48. The van der Waals surface area contributed by atoms with Crippen LogP contribution in [-0.2, 0) is 0 Å². The monoisotopic (exact) mass is 245 g/mol. The van der Waals surface area contributed by atoms with E-state index in [0.29, 0.717) is 0 Å². The highest BCUT2D eigenvalue weighted by Gasteiger charge is 2.09. The molecule has 0 spiro atoms. The Hall–Kier alpha value is -2.68. The van der Waals surface area contributed by atoms with Gasteiger partial charge in [-0.2, -0.15) is 5.10 Å². The van der Waals surface area contributed by atoms with Crippen LogP contribution in [0.15, 0.2) is 67.0 Å². The molecule has 3 heteroatoms. The average molecular weight is 245 g/mol. The molecule has 19 heavy (non-hydrogen) atoms. The van der Waals surface area contributed by atoms with E-state index < -0.39 is 0 Å². The van der Waals surface area contributed by atoms with E-state index >= 15 is 0 Å². The Morgan fingerprint density at radius 2 is 1.63 bits per heavy atom. The minimum Gasteiger partial charge on any atom is -0.215 e. The molecule has 4 rings (SSSR count). The molecule has 90 valence electrons. The Morgan fingerprint density at radius 1 is 0.842 bits per heavy atom. The van der Waals surface area contributed by atoms with Gasteiger partial charge in [-0.05, 0) is 11.5 Å². The molecule has 0 aliphatic rings. The van der Waals surface area contributed by atoms with Crippen LogP contribution < -0.4 is 0 Å². The van der Waals surface area contributed by atoms with Crippen molar-refractivity contribution in [3.63, 3.8) is 0 Å². The van der Waals surface area contributed by atoms with Gasteiger partial charge in [0.05, 0.1) is 5.69 Å². The van der Waals surface area contributed by atoms with Crippen LogP contribution in [0.1, 0.15) is 0 Å². The van der Waals surface area contributed by atoms with Gasteiger partial charge in [0.2, 0.25) is 0 Å². The topological polar surface area (TPSA) is 30.2 Å². The maximum Gasteiger partial charge on any atom is 0.163 e. The molecule has 0 N–H and O–H groups in total. The molecule has 0 aliphatic carbocycles. The zero-order valence-electron chi connectivity index (χ0n) is 10.2. The largest absolute Gasteiger partial charge is 0.215 e. The maximum absolute atomic E-state index is 4.38. The third-order valence-electron chi connectivity index (χ3n) is 3.34. The van der Waals surface area contributed by atoms with Crippen molar-refractivity contribution in [2.45, 2.75) is 0 Å². The highest BCUT2D eigenvalue weighted by molar-refractivity contribution is 5.96. The van der Waals surface area contributed by atoms with Gasteiger partial charge >= 0.3 is 0 Å². The van der Waals surface area contributed by atoms with Gasteiger partial charge in [-0.15, -0.1) is 0 Å². The number of fused-ring (bicyclic) bond motifs is 3. The predicted octanol–water partition coefficient (Wildman–Crippen LogP) is 3.55. The minimum absolute atomic E-state index is 0.900. The van der Waals surface area contributed by atoms with E-state index in [1.54, 1.807) is 6.33 Å². The van der Waals surface area contributed by atoms with Crippen LogP contribution in [0.2, 0.25) is 0 Å². The van der Waals surface area contributed by atoms with E-state index in [9.17, 15) is 0 Å². The third kappa shape index (κ3) is 1.52. The SMILES string of the molecule is c1ccc(-c2cc3ccccc3c3ncnn23)cc1. The molecule has 2 heterocycles. The Kier molecular flexibility index (Phi) is 2.12. The number of hydrogen-bond donors (Lipinski definition) is 0. The van der Waals surface area contributed by atoms with Crippen molar-refractivity contribution in [3.05, 3.63) is 67.0 Å². The van der Waals surface area contributed by atoms with Crippen LogP contribution >= 0.6 is 0 Å². The van der Waals surface area contributed by atoms with Crippen LogP contribution in [-0.4, -0.2) is 14.6 Å². The molecular formula is C16H11N3. The summed E-state index contributed by atoms with van der Waals surface area (Å²) < 4.78 is 1.90. The molecule has 0 atom stereocenters. The van der Waals surface area contributed by atoms with Gasteiger partial charge < -0.3 is 0 Å². The summed E-state index contributed by atoms with van der Waals surface area (Å²) in [7, 11) is 0. The van der Waals surface area contributed by atoms with Gasteiger partial charge in [-0.3, -0.25) is 0 Å².